The molecule has 1 aliphatic heterocycles. The van der Waals surface area contributed by atoms with Gasteiger partial charge >= 0.3 is 0 Å². The second-order valence-corrected chi connectivity index (χ2v) is 7.61. The van der Waals surface area contributed by atoms with Crippen molar-refractivity contribution in [3.05, 3.63) is 0 Å². The fourth-order valence-corrected chi connectivity index (χ4v) is 3.84. The van der Waals surface area contributed by atoms with Gasteiger partial charge in [0.2, 0.25) is 0 Å². The highest BCUT2D eigenvalue weighted by atomic mass is 15.1. The summed E-state index contributed by atoms with van der Waals surface area (Å²) >= 11 is 0. The Morgan fingerprint density at radius 3 is 2.17 bits per heavy atom. The third kappa shape index (κ3) is 3.96. The SMILES string of the molecule is CC1CC(C)CC(NCC2(C)CCN(C)CC2)C1. The van der Waals surface area contributed by atoms with E-state index in [1.807, 2.05) is 0 Å². The molecule has 1 saturated carbocycles. The molecule has 1 N–H and O–H groups in total. The second kappa shape index (κ2) is 5.92. The smallest absolute Gasteiger partial charge is 0.00723 e. The van der Waals surface area contributed by atoms with Crippen LogP contribution in [0.2, 0.25) is 0 Å². The Morgan fingerprint density at radius 2 is 1.61 bits per heavy atom. The van der Waals surface area contributed by atoms with Crippen LogP contribution in [0.5, 0.6) is 0 Å². The predicted octanol–water partition coefficient (Wildman–Crippen LogP) is 3.13. The van der Waals surface area contributed by atoms with Gasteiger partial charge in [0.05, 0.1) is 0 Å². The van der Waals surface area contributed by atoms with Crippen LogP contribution >= 0.6 is 0 Å². The van der Waals surface area contributed by atoms with Crippen molar-refractivity contribution in [1.29, 1.82) is 0 Å². The highest BCUT2D eigenvalue weighted by Crippen LogP contribution is 2.32. The monoisotopic (exact) mass is 252 g/mol. The van der Waals surface area contributed by atoms with E-state index in [0.717, 1.165) is 17.9 Å². The standard InChI is InChI=1S/C16H32N2/c1-13-9-14(2)11-15(10-13)17-12-16(3)5-7-18(4)8-6-16/h13-15,17H,5-12H2,1-4H3. The molecule has 2 aliphatic rings. The van der Waals surface area contributed by atoms with Crippen LogP contribution in [0, 0.1) is 17.3 Å². The summed E-state index contributed by atoms with van der Waals surface area (Å²) in [6.07, 6.45) is 6.92. The molecule has 1 heterocycles. The number of nitrogens with zero attached hydrogens (tertiary/aromatic N) is 1. The van der Waals surface area contributed by atoms with Crippen LogP contribution in [0.4, 0.5) is 0 Å². The van der Waals surface area contributed by atoms with Crippen molar-refractivity contribution in [2.24, 2.45) is 17.3 Å². The Hall–Kier alpha value is -0.0800. The minimum absolute atomic E-state index is 0.538. The van der Waals surface area contributed by atoms with Crippen molar-refractivity contribution in [3.8, 4) is 0 Å². The molecule has 0 amide bonds. The van der Waals surface area contributed by atoms with Crippen molar-refractivity contribution in [2.75, 3.05) is 26.7 Å². The fraction of sp³-hybridized carbons (Fsp3) is 1.00. The van der Waals surface area contributed by atoms with Crippen LogP contribution in [0.15, 0.2) is 0 Å². The summed E-state index contributed by atoms with van der Waals surface area (Å²) in [5.74, 6) is 1.83. The summed E-state index contributed by atoms with van der Waals surface area (Å²) in [5.41, 5.74) is 0.538. The number of nitrogens with one attached hydrogen (secondary N) is 1. The van der Waals surface area contributed by atoms with Crippen molar-refractivity contribution in [2.45, 2.75) is 58.9 Å². The normalized spacial score (nSPS) is 37.7. The van der Waals surface area contributed by atoms with E-state index in [0.29, 0.717) is 5.41 Å². The van der Waals surface area contributed by atoms with Gasteiger partial charge < -0.3 is 10.2 Å². The van der Waals surface area contributed by atoms with E-state index >= 15 is 0 Å². The van der Waals surface area contributed by atoms with Crippen LogP contribution in [-0.2, 0) is 0 Å². The first-order chi connectivity index (χ1) is 8.47. The van der Waals surface area contributed by atoms with E-state index in [4.69, 9.17) is 0 Å². The van der Waals surface area contributed by atoms with E-state index in [2.05, 4.69) is 38.0 Å². The van der Waals surface area contributed by atoms with E-state index in [1.54, 1.807) is 0 Å². The molecule has 2 atom stereocenters. The Bertz CT molecular complexity index is 246. The molecule has 0 bridgehead atoms. The first-order valence-corrected chi connectivity index (χ1v) is 7.89. The molecular formula is C16H32N2. The van der Waals surface area contributed by atoms with Gasteiger partial charge in [0, 0.05) is 12.6 Å². The fourth-order valence-electron chi connectivity index (χ4n) is 3.84. The highest BCUT2D eigenvalue weighted by molar-refractivity contribution is 4.86. The molecule has 18 heavy (non-hydrogen) atoms. The summed E-state index contributed by atoms with van der Waals surface area (Å²) in [7, 11) is 2.25. The summed E-state index contributed by atoms with van der Waals surface area (Å²) < 4.78 is 0. The van der Waals surface area contributed by atoms with Gasteiger partial charge in [-0.05, 0) is 69.5 Å². The minimum atomic E-state index is 0.538. The molecule has 0 spiro atoms. The molecule has 0 aromatic rings. The van der Waals surface area contributed by atoms with Crippen LogP contribution in [0.1, 0.15) is 52.9 Å². The Labute approximate surface area is 114 Å². The minimum Gasteiger partial charge on any atom is -0.313 e. The van der Waals surface area contributed by atoms with Gasteiger partial charge in [0.1, 0.15) is 0 Å². The maximum Gasteiger partial charge on any atom is 0.00723 e. The zero-order valence-corrected chi connectivity index (χ0v) is 12.8. The molecule has 106 valence electrons. The van der Waals surface area contributed by atoms with Gasteiger partial charge in [-0.15, -0.1) is 0 Å². The molecule has 1 aliphatic carbocycles. The molecule has 2 nitrogen and oxygen atoms in total. The zero-order chi connectivity index (χ0) is 13.2. The third-order valence-electron chi connectivity index (χ3n) is 5.19. The average Bonchev–Trinajstić information content (AvgIpc) is 2.30. The highest BCUT2D eigenvalue weighted by Gasteiger charge is 2.30. The average molecular weight is 252 g/mol. The van der Waals surface area contributed by atoms with Crippen LogP contribution in [0.3, 0.4) is 0 Å². The van der Waals surface area contributed by atoms with Gasteiger partial charge in [-0.25, -0.2) is 0 Å². The van der Waals surface area contributed by atoms with E-state index in [-0.39, 0.29) is 0 Å². The van der Waals surface area contributed by atoms with Crippen molar-refractivity contribution in [3.63, 3.8) is 0 Å². The van der Waals surface area contributed by atoms with Crippen LogP contribution in [0.25, 0.3) is 0 Å². The lowest BCUT2D eigenvalue weighted by molar-refractivity contribution is 0.125. The first-order valence-electron chi connectivity index (χ1n) is 7.89. The molecule has 2 heteroatoms. The van der Waals surface area contributed by atoms with E-state index < -0.39 is 0 Å². The Kier molecular flexibility index (Phi) is 4.71. The van der Waals surface area contributed by atoms with Gasteiger partial charge in [0.15, 0.2) is 0 Å². The number of likely N-dealkylation sites (tertiary alicyclic amines) is 1. The molecule has 1 saturated heterocycles. The summed E-state index contributed by atoms with van der Waals surface area (Å²) in [4.78, 5) is 2.46. The van der Waals surface area contributed by atoms with E-state index in [9.17, 15) is 0 Å². The number of hydrogen-bond donors (Lipinski definition) is 1. The van der Waals surface area contributed by atoms with Gasteiger partial charge in [-0.1, -0.05) is 20.8 Å². The first kappa shape index (κ1) is 14.3. The van der Waals surface area contributed by atoms with Crippen molar-refractivity contribution < 1.29 is 0 Å². The van der Waals surface area contributed by atoms with Crippen molar-refractivity contribution in [1.82, 2.24) is 10.2 Å². The van der Waals surface area contributed by atoms with E-state index in [1.165, 1.54) is 51.7 Å². The lowest BCUT2D eigenvalue weighted by Crippen LogP contribution is -2.46. The lowest BCUT2D eigenvalue weighted by atomic mass is 9.78. The lowest BCUT2D eigenvalue weighted by Gasteiger charge is -2.40. The predicted molar refractivity (Wildman–Crippen MR) is 78.8 cm³/mol. The number of rotatable bonds is 3. The van der Waals surface area contributed by atoms with Gasteiger partial charge in [-0.3, -0.25) is 0 Å². The van der Waals surface area contributed by atoms with Crippen LogP contribution in [-0.4, -0.2) is 37.6 Å². The molecule has 2 fully saturated rings. The maximum atomic E-state index is 3.89. The topological polar surface area (TPSA) is 15.3 Å². The number of hydrogen-bond acceptors (Lipinski definition) is 2. The maximum absolute atomic E-state index is 3.89. The number of piperidine rings is 1. The third-order valence-corrected chi connectivity index (χ3v) is 5.19. The summed E-state index contributed by atoms with van der Waals surface area (Å²) in [6.45, 7) is 11.1. The molecule has 0 aromatic heterocycles. The molecule has 2 unspecified atom stereocenters. The Morgan fingerprint density at radius 1 is 1.06 bits per heavy atom. The summed E-state index contributed by atoms with van der Waals surface area (Å²) in [6, 6.07) is 0.778. The molecule has 2 rings (SSSR count). The van der Waals surface area contributed by atoms with Gasteiger partial charge in [0.25, 0.3) is 0 Å². The molecular weight excluding hydrogens is 220 g/mol. The van der Waals surface area contributed by atoms with Crippen LogP contribution < -0.4 is 5.32 Å². The van der Waals surface area contributed by atoms with Gasteiger partial charge in [-0.2, -0.15) is 0 Å². The zero-order valence-electron chi connectivity index (χ0n) is 12.8. The molecule has 0 aromatic carbocycles. The summed E-state index contributed by atoms with van der Waals surface area (Å²) in [5, 5.41) is 3.89. The second-order valence-electron chi connectivity index (χ2n) is 7.61. The van der Waals surface area contributed by atoms with Crippen molar-refractivity contribution >= 4 is 0 Å². The quantitative estimate of drug-likeness (QED) is 0.830. The molecule has 0 radical (unpaired) electrons. The largest absolute Gasteiger partial charge is 0.313 e. The Balaban J connectivity index is 1.76.